The lowest BCUT2D eigenvalue weighted by atomic mass is 10.2. The summed E-state index contributed by atoms with van der Waals surface area (Å²) in [4.78, 5) is 4.00. The van der Waals surface area contributed by atoms with Crippen molar-refractivity contribution < 1.29 is 0 Å². The fourth-order valence-corrected chi connectivity index (χ4v) is 1.80. The quantitative estimate of drug-likeness (QED) is 0.731. The van der Waals surface area contributed by atoms with E-state index in [0.29, 0.717) is 6.04 Å². The van der Waals surface area contributed by atoms with Gasteiger partial charge in [0.05, 0.1) is 0 Å². The van der Waals surface area contributed by atoms with Gasteiger partial charge in [0.15, 0.2) is 0 Å². The van der Waals surface area contributed by atoms with Gasteiger partial charge in [0.2, 0.25) is 0 Å². The third-order valence-electron chi connectivity index (χ3n) is 2.66. The highest BCUT2D eigenvalue weighted by Crippen LogP contribution is 1.99. The number of nitrogens with one attached hydrogen (secondary N) is 2. The molecule has 1 unspecified atom stereocenters. The topological polar surface area (TPSA) is 37.0 Å². The minimum atomic E-state index is 0.678. The summed E-state index contributed by atoms with van der Waals surface area (Å²) >= 11 is 0. The Morgan fingerprint density at radius 2 is 2.29 bits per heavy atom. The smallest absolute Gasteiger partial charge is 0.0270 e. The molecule has 0 aromatic carbocycles. The summed E-state index contributed by atoms with van der Waals surface area (Å²) in [7, 11) is 0. The van der Waals surface area contributed by atoms with Gasteiger partial charge in [0, 0.05) is 25.0 Å². The van der Waals surface area contributed by atoms with Crippen molar-refractivity contribution >= 4 is 0 Å². The SMILES string of the molecule is c1cc(CCNC2CCNC2)ccn1. The summed E-state index contributed by atoms with van der Waals surface area (Å²) in [5.41, 5.74) is 1.36. The molecule has 3 heteroatoms. The van der Waals surface area contributed by atoms with Crippen LogP contribution in [0.25, 0.3) is 0 Å². The van der Waals surface area contributed by atoms with E-state index in [1.165, 1.54) is 12.0 Å². The molecule has 0 saturated carbocycles. The van der Waals surface area contributed by atoms with Crippen molar-refractivity contribution in [2.75, 3.05) is 19.6 Å². The summed E-state index contributed by atoms with van der Waals surface area (Å²) in [6.07, 6.45) is 6.06. The Bertz CT molecular complexity index is 254. The Morgan fingerprint density at radius 1 is 1.43 bits per heavy atom. The normalized spacial score (nSPS) is 21.3. The lowest BCUT2D eigenvalue weighted by molar-refractivity contribution is 0.550. The van der Waals surface area contributed by atoms with E-state index in [1.54, 1.807) is 0 Å². The number of rotatable bonds is 4. The van der Waals surface area contributed by atoms with Gasteiger partial charge >= 0.3 is 0 Å². The maximum atomic E-state index is 4.00. The standard InChI is InChI=1S/C11H17N3/c1-5-12-6-2-10(1)3-8-14-11-4-7-13-9-11/h1-2,5-6,11,13-14H,3-4,7-9H2. The summed E-state index contributed by atoms with van der Waals surface area (Å²) in [6.45, 7) is 3.35. The molecule has 3 nitrogen and oxygen atoms in total. The lowest BCUT2D eigenvalue weighted by Crippen LogP contribution is -2.32. The maximum absolute atomic E-state index is 4.00. The molecule has 1 fully saturated rings. The molecule has 0 spiro atoms. The minimum Gasteiger partial charge on any atom is -0.315 e. The number of hydrogen-bond donors (Lipinski definition) is 2. The maximum Gasteiger partial charge on any atom is 0.0270 e. The zero-order valence-corrected chi connectivity index (χ0v) is 8.37. The van der Waals surface area contributed by atoms with Crippen molar-refractivity contribution in [1.29, 1.82) is 0 Å². The van der Waals surface area contributed by atoms with Crippen LogP contribution in [0.15, 0.2) is 24.5 Å². The summed E-state index contributed by atoms with van der Waals surface area (Å²) in [5, 5.41) is 6.90. The largest absolute Gasteiger partial charge is 0.315 e. The monoisotopic (exact) mass is 191 g/mol. The number of hydrogen-bond acceptors (Lipinski definition) is 3. The van der Waals surface area contributed by atoms with Crippen molar-refractivity contribution in [2.45, 2.75) is 18.9 Å². The van der Waals surface area contributed by atoms with E-state index >= 15 is 0 Å². The van der Waals surface area contributed by atoms with Gasteiger partial charge in [-0.25, -0.2) is 0 Å². The van der Waals surface area contributed by atoms with Crippen LogP contribution < -0.4 is 10.6 Å². The predicted molar refractivity (Wildman–Crippen MR) is 57.2 cm³/mol. The first-order chi connectivity index (χ1) is 6.95. The van der Waals surface area contributed by atoms with Crippen LogP contribution in [0.5, 0.6) is 0 Å². The first kappa shape index (κ1) is 9.62. The molecule has 76 valence electrons. The average Bonchev–Trinajstić information content (AvgIpc) is 2.72. The second-order valence-electron chi connectivity index (χ2n) is 3.75. The highest BCUT2D eigenvalue weighted by molar-refractivity contribution is 5.09. The highest BCUT2D eigenvalue weighted by Gasteiger charge is 2.12. The van der Waals surface area contributed by atoms with Crippen molar-refractivity contribution in [3.8, 4) is 0 Å². The van der Waals surface area contributed by atoms with Gasteiger partial charge in [-0.1, -0.05) is 0 Å². The molecule has 2 heterocycles. The zero-order chi connectivity index (χ0) is 9.64. The zero-order valence-electron chi connectivity index (χ0n) is 8.37. The molecular formula is C11H17N3. The van der Waals surface area contributed by atoms with Crippen molar-refractivity contribution in [3.63, 3.8) is 0 Å². The Hall–Kier alpha value is -0.930. The first-order valence-corrected chi connectivity index (χ1v) is 5.28. The Balaban J connectivity index is 1.67. The van der Waals surface area contributed by atoms with Gasteiger partial charge in [-0.15, -0.1) is 0 Å². The Labute approximate surface area is 84.9 Å². The summed E-state index contributed by atoms with van der Waals surface area (Å²) < 4.78 is 0. The molecule has 1 aliphatic rings. The predicted octanol–water partition coefficient (Wildman–Crippen LogP) is 0.576. The van der Waals surface area contributed by atoms with Crippen LogP contribution >= 0.6 is 0 Å². The fraction of sp³-hybridized carbons (Fsp3) is 0.545. The van der Waals surface area contributed by atoms with Crippen LogP contribution in [-0.2, 0) is 6.42 Å². The second kappa shape index (κ2) is 5.08. The molecule has 2 N–H and O–H groups in total. The van der Waals surface area contributed by atoms with Gasteiger partial charge in [-0.3, -0.25) is 4.98 Å². The molecule has 1 aromatic heterocycles. The van der Waals surface area contributed by atoms with Crippen LogP contribution in [0.2, 0.25) is 0 Å². The molecule has 1 atom stereocenters. The minimum absolute atomic E-state index is 0.678. The van der Waals surface area contributed by atoms with Crippen molar-refractivity contribution in [2.24, 2.45) is 0 Å². The van der Waals surface area contributed by atoms with Gasteiger partial charge in [0.1, 0.15) is 0 Å². The fourth-order valence-electron chi connectivity index (χ4n) is 1.80. The van der Waals surface area contributed by atoms with Crippen molar-refractivity contribution in [1.82, 2.24) is 15.6 Å². The van der Waals surface area contributed by atoms with Crippen LogP contribution in [-0.4, -0.2) is 30.7 Å². The van der Waals surface area contributed by atoms with E-state index in [4.69, 9.17) is 0 Å². The molecule has 0 radical (unpaired) electrons. The first-order valence-electron chi connectivity index (χ1n) is 5.28. The van der Waals surface area contributed by atoms with Crippen LogP contribution in [0.4, 0.5) is 0 Å². The van der Waals surface area contributed by atoms with Crippen LogP contribution in [0.3, 0.4) is 0 Å². The molecule has 14 heavy (non-hydrogen) atoms. The van der Waals surface area contributed by atoms with E-state index in [0.717, 1.165) is 26.1 Å². The van der Waals surface area contributed by atoms with Gasteiger partial charge in [0.25, 0.3) is 0 Å². The van der Waals surface area contributed by atoms with Gasteiger partial charge in [-0.2, -0.15) is 0 Å². The van der Waals surface area contributed by atoms with Gasteiger partial charge < -0.3 is 10.6 Å². The summed E-state index contributed by atoms with van der Waals surface area (Å²) in [6, 6.07) is 4.83. The van der Waals surface area contributed by atoms with E-state index in [1.807, 2.05) is 12.4 Å². The Kier molecular flexibility index (Phi) is 3.49. The van der Waals surface area contributed by atoms with Crippen LogP contribution in [0.1, 0.15) is 12.0 Å². The number of aromatic nitrogens is 1. The lowest BCUT2D eigenvalue weighted by Gasteiger charge is -2.10. The Morgan fingerprint density at radius 3 is 3.00 bits per heavy atom. The number of pyridine rings is 1. The number of nitrogens with zero attached hydrogens (tertiary/aromatic N) is 1. The molecule has 2 rings (SSSR count). The van der Waals surface area contributed by atoms with Crippen molar-refractivity contribution in [3.05, 3.63) is 30.1 Å². The van der Waals surface area contributed by atoms with E-state index in [9.17, 15) is 0 Å². The molecule has 0 bridgehead atoms. The third kappa shape index (κ3) is 2.79. The molecule has 1 aliphatic heterocycles. The second-order valence-corrected chi connectivity index (χ2v) is 3.75. The molecule has 1 saturated heterocycles. The molecule has 1 aromatic rings. The van der Waals surface area contributed by atoms with Gasteiger partial charge in [-0.05, 0) is 43.6 Å². The third-order valence-corrected chi connectivity index (χ3v) is 2.66. The van der Waals surface area contributed by atoms with E-state index < -0.39 is 0 Å². The molecule has 0 aliphatic carbocycles. The molecular weight excluding hydrogens is 174 g/mol. The highest BCUT2D eigenvalue weighted by atomic mass is 15.0. The van der Waals surface area contributed by atoms with E-state index in [2.05, 4.69) is 27.8 Å². The van der Waals surface area contributed by atoms with E-state index in [-0.39, 0.29) is 0 Å². The average molecular weight is 191 g/mol. The van der Waals surface area contributed by atoms with Crippen LogP contribution in [0, 0.1) is 0 Å². The summed E-state index contributed by atoms with van der Waals surface area (Å²) in [5.74, 6) is 0. The molecule has 0 amide bonds.